The van der Waals surface area contributed by atoms with Gasteiger partial charge in [0, 0.05) is 6.54 Å². The van der Waals surface area contributed by atoms with Crippen LogP contribution in [-0.4, -0.2) is 30.4 Å². The molecule has 1 heterocycles. The van der Waals surface area contributed by atoms with E-state index in [0.29, 0.717) is 11.3 Å². The number of ether oxygens (including phenoxy) is 1. The zero-order chi connectivity index (χ0) is 26.3. The van der Waals surface area contributed by atoms with E-state index in [2.05, 4.69) is 22.1 Å². The van der Waals surface area contributed by atoms with E-state index in [1.54, 1.807) is 6.07 Å². The molecule has 0 saturated heterocycles. The van der Waals surface area contributed by atoms with Crippen molar-refractivity contribution in [2.24, 2.45) is 5.10 Å². The van der Waals surface area contributed by atoms with Gasteiger partial charge in [0.05, 0.1) is 12.8 Å². The molecule has 0 amide bonds. The first kappa shape index (κ1) is 29.0. The lowest BCUT2D eigenvalue weighted by Gasteiger charge is -2.22. The van der Waals surface area contributed by atoms with E-state index in [-0.39, 0.29) is 0 Å². The fourth-order valence-corrected chi connectivity index (χ4v) is 5.59. The minimum atomic E-state index is -0.917. The number of rotatable bonds is 3. The summed E-state index contributed by atoms with van der Waals surface area (Å²) in [5, 5.41) is 14.0. The van der Waals surface area contributed by atoms with Crippen LogP contribution in [0.15, 0.2) is 35.0 Å². The Kier molecular flexibility index (Phi) is 12.7. The summed E-state index contributed by atoms with van der Waals surface area (Å²) in [6.07, 6.45) is 24.6. The number of nitrogens with one attached hydrogen (secondary N) is 2. The summed E-state index contributed by atoms with van der Waals surface area (Å²) in [5.74, 6) is -0.475. The van der Waals surface area contributed by atoms with Crippen LogP contribution in [0.5, 0.6) is 5.75 Å². The summed E-state index contributed by atoms with van der Waals surface area (Å²) in [7, 11) is 1.51. The van der Waals surface area contributed by atoms with Crippen LogP contribution in [0.4, 0.5) is 0 Å². The Morgan fingerprint density at radius 2 is 1.65 bits per heavy atom. The van der Waals surface area contributed by atoms with Gasteiger partial charge in [-0.25, -0.2) is 15.8 Å². The number of carbonyl (C=O) groups is 1. The van der Waals surface area contributed by atoms with E-state index in [1.807, 2.05) is 19.1 Å². The Labute approximate surface area is 223 Å². The highest BCUT2D eigenvalue weighted by molar-refractivity contribution is 6.00. The SMILES string of the molecule is C1=C(C2=NNNCCCCCC2)CCCCCCCC1.CC=C1CCCc2ccc(OC)c(C(=O)O)c21. The lowest BCUT2D eigenvalue weighted by atomic mass is 9.84. The second kappa shape index (κ2) is 16.3. The average molecular weight is 510 g/mol. The standard InChI is InChI=1S/C17H31N3.C14H16O3/c1-2-4-8-12-16(13-9-5-3-1)17-14-10-6-7-11-15-18-20-19-17;1-3-9-5-4-6-10-7-8-11(17-2)13(12(9)10)14(15)16/h12,18,20H,1-11,13-15H2;3,7-8H,4-6H2,1-2H3,(H,15,16). The van der Waals surface area contributed by atoms with Crippen molar-refractivity contribution in [3.63, 3.8) is 0 Å². The summed E-state index contributed by atoms with van der Waals surface area (Å²) in [5.41, 5.74) is 12.5. The molecule has 204 valence electrons. The molecule has 2 aliphatic carbocycles. The molecule has 6 heteroatoms. The monoisotopic (exact) mass is 509 g/mol. The topological polar surface area (TPSA) is 83.0 Å². The molecule has 4 rings (SSSR count). The van der Waals surface area contributed by atoms with Crippen LogP contribution < -0.4 is 15.7 Å². The number of nitrogens with zero attached hydrogens (tertiary/aromatic N) is 1. The quantitative estimate of drug-likeness (QED) is 0.391. The van der Waals surface area contributed by atoms with Gasteiger partial charge in [-0.15, -0.1) is 0 Å². The molecular formula is C31H47N3O3. The van der Waals surface area contributed by atoms with Crippen LogP contribution in [0.1, 0.15) is 125 Å². The maximum atomic E-state index is 11.4. The number of hydrazine groups is 1. The molecule has 0 unspecified atom stereocenters. The Morgan fingerprint density at radius 1 is 0.919 bits per heavy atom. The van der Waals surface area contributed by atoms with Crippen LogP contribution in [0.25, 0.3) is 5.57 Å². The molecule has 1 aromatic carbocycles. The third-order valence-corrected chi connectivity index (χ3v) is 7.65. The molecule has 0 bridgehead atoms. The van der Waals surface area contributed by atoms with Crippen LogP contribution >= 0.6 is 0 Å². The molecule has 0 fully saturated rings. The van der Waals surface area contributed by atoms with Gasteiger partial charge in [-0.2, -0.15) is 5.10 Å². The molecule has 0 aromatic heterocycles. The number of methoxy groups -OCH3 is 1. The zero-order valence-electron chi connectivity index (χ0n) is 23.0. The van der Waals surface area contributed by atoms with E-state index in [0.717, 1.165) is 48.9 Å². The lowest BCUT2D eigenvalue weighted by Crippen LogP contribution is -2.30. The van der Waals surface area contributed by atoms with Gasteiger partial charge in [-0.1, -0.05) is 56.7 Å². The van der Waals surface area contributed by atoms with E-state index in [1.165, 1.54) is 95.4 Å². The van der Waals surface area contributed by atoms with E-state index < -0.39 is 5.97 Å². The molecule has 0 saturated carbocycles. The van der Waals surface area contributed by atoms with E-state index in [4.69, 9.17) is 4.74 Å². The fourth-order valence-electron chi connectivity index (χ4n) is 5.59. The molecule has 3 N–H and O–H groups in total. The highest BCUT2D eigenvalue weighted by Crippen LogP contribution is 2.37. The summed E-state index contributed by atoms with van der Waals surface area (Å²) in [4.78, 5) is 11.4. The number of hydrogen-bond donors (Lipinski definition) is 3. The van der Waals surface area contributed by atoms with Gasteiger partial charge < -0.3 is 9.84 Å². The molecule has 0 radical (unpaired) electrons. The summed E-state index contributed by atoms with van der Waals surface area (Å²) in [6, 6.07) is 3.73. The van der Waals surface area contributed by atoms with Gasteiger partial charge in [0.1, 0.15) is 11.3 Å². The maximum Gasteiger partial charge on any atom is 0.340 e. The number of benzene rings is 1. The van der Waals surface area contributed by atoms with Crippen LogP contribution in [0, 0.1) is 0 Å². The first-order valence-corrected chi connectivity index (χ1v) is 14.5. The van der Waals surface area contributed by atoms with Crippen molar-refractivity contribution in [2.45, 2.75) is 110 Å². The summed E-state index contributed by atoms with van der Waals surface area (Å²) >= 11 is 0. The molecule has 0 spiro atoms. The Morgan fingerprint density at radius 3 is 2.41 bits per heavy atom. The van der Waals surface area contributed by atoms with E-state index >= 15 is 0 Å². The summed E-state index contributed by atoms with van der Waals surface area (Å²) < 4.78 is 5.16. The third kappa shape index (κ3) is 9.03. The highest BCUT2D eigenvalue weighted by atomic mass is 16.5. The molecular weight excluding hydrogens is 462 g/mol. The molecule has 0 atom stereocenters. The Balaban J connectivity index is 0.000000208. The Hall–Kier alpha value is -2.60. The molecule has 6 nitrogen and oxygen atoms in total. The van der Waals surface area contributed by atoms with Crippen LogP contribution in [0.2, 0.25) is 0 Å². The van der Waals surface area contributed by atoms with Crippen LogP contribution in [-0.2, 0) is 6.42 Å². The molecule has 37 heavy (non-hydrogen) atoms. The summed E-state index contributed by atoms with van der Waals surface area (Å²) in [6.45, 7) is 2.98. The number of hydrazone groups is 1. The van der Waals surface area contributed by atoms with Crippen LogP contribution in [0.3, 0.4) is 0 Å². The fraction of sp³-hybridized carbons (Fsp3) is 0.613. The number of allylic oxidation sites excluding steroid dienone is 4. The first-order chi connectivity index (χ1) is 18.2. The van der Waals surface area contributed by atoms with Crippen molar-refractivity contribution in [1.29, 1.82) is 0 Å². The van der Waals surface area contributed by atoms with Crippen molar-refractivity contribution in [2.75, 3.05) is 13.7 Å². The van der Waals surface area contributed by atoms with Gasteiger partial charge in [0.25, 0.3) is 0 Å². The first-order valence-electron chi connectivity index (χ1n) is 14.5. The van der Waals surface area contributed by atoms with Gasteiger partial charge in [0.15, 0.2) is 0 Å². The predicted octanol–water partition coefficient (Wildman–Crippen LogP) is 7.59. The number of fused-ring (bicyclic) bond motifs is 1. The van der Waals surface area contributed by atoms with Crippen molar-refractivity contribution in [3.8, 4) is 5.75 Å². The molecule has 3 aliphatic rings. The minimum Gasteiger partial charge on any atom is -0.496 e. The van der Waals surface area contributed by atoms with Gasteiger partial charge >= 0.3 is 5.97 Å². The second-order valence-corrected chi connectivity index (χ2v) is 10.3. The van der Waals surface area contributed by atoms with Crippen molar-refractivity contribution in [3.05, 3.63) is 46.5 Å². The number of hydrogen-bond acceptors (Lipinski definition) is 5. The average Bonchev–Trinajstić information content (AvgIpc) is 2.93. The normalized spacial score (nSPS) is 20.6. The number of carboxylic acids is 1. The van der Waals surface area contributed by atoms with E-state index in [9.17, 15) is 9.90 Å². The molecule has 1 aromatic rings. The number of aryl methyl sites for hydroxylation is 1. The smallest absolute Gasteiger partial charge is 0.340 e. The largest absolute Gasteiger partial charge is 0.496 e. The van der Waals surface area contributed by atoms with Crippen molar-refractivity contribution in [1.82, 2.24) is 11.0 Å². The van der Waals surface area contributed by atoms with Gasteiger partial charge in [-0.05, 0) is 99.5 Å². The number of aromatic carboxylic acids is 1. The lowest BCUT2D eigenvalue weighted by molar-refractivity contribution is 0.0692. The minimum absolute atomic E-state index is 0.304. The van der Waals surface area contributed by atoms with Gasteiger partial charge in [0.2, 0.25) is 0 Å². The zero-order valence-corrected chi connectivity index (χ0v) is 23.0. The van der Waals surface area contributed by atoms with Crippen molar-refractivity contribution >= 4 is 17.3 Å². The van der Waals surface area contributed by atoms with Crippen molar-refractivity contribution < 1.29 is 14.6 Å². The highest BCUT2D eigenvalue weighted by Gasteiger charge is 2.24. The van der Waals surface area contributed by atoms with Gasteiger partial charge in [-0.3, -0.25) is 0 Å². The predicted molar refractivity (Wildman–Crippen MR) is 153 cm³/mol. The second-order valence-electron chi connectivity index (χ2n) is 10.3. The third-order valence-electron chi connectivity index (χ3n) is 7.65. The number of carboxylic acid groups (broad SMARTS) is 1. The Bertz CT molecular complexity index is 933. The molecule has 1 aliphatic heterocycles. The maximum absolute atomic E-state index is 11.4.